The van der Waals surface area contributed by atoms with Crippen LogP contribution in [-0.4, -0.2) is 22.4 Å². The van der Waals surface area contributed by atoms with Crippen LogP contribution in [0.5, 0.6) is 0 Å². The SMILES string of the molecule is CC(=O)C(C)(OO)C(=O)c1c(C)cc(C)cc1C. The number of carbonyl (C=O) groups excluding carboxylic acids is 2. The second kappa shape index (κ2) is 5.00. The largest absolute Gasteiger partial charge is 0.296 e. The number of rotatable bonds is 4. The Morgan fingerprint density at radius 2 is 1.61 bits per heavy atom. The third-order valence-electron chi connectivity index (χ3n) is 3.19. The fraction of sp³-hybridized carbons (Fsp3) is 0.429. The highest BCUT2D eigenvalue weighted by atomic mass is 17.1. The van der Waals surface area contributed by atoms with Gasteiger partial charge < -0.3 is 0 Å². The molecule has 0 radical (unpaired) electrons. The van der Waals surface area contributed by atoms with E-state index in [1.165, 1.54) is 13.8 Å². The van der Waals surface area contributed by atoms with Gasteiger partial charge in [0.2, 0.25) is 11.4 Å². The fourth-order valence-electron chi connectivity index (χ4n) is 2.04. The highest BCUT2D eigenvalue weighted by molar-refractivity contribution is 6.17. The van der Waals surface area contributed by atoms with Crippen LogP contribution in [-0.2, 0) is 9.68 Å². The van der Waals surface area contributed by atoms with E-state index in [2.05, 4.69) is 4.89 Å². The Hall–Kier alpha value is -1.52. The molecular weight excluding hydrogens is 232 g/mol. The van der Waals surface area contributed by atoms with Crippen LogP contribution in [0.2, 0.25) is 0 Å². The number of Topliss-reactive ketones (excluding diaryl/α,β-unsaturated/α-hetero) is 2. The predicted octanol–water partition coefficient (Wildman–Crippen LogP) is 2.63. The summed E-state index contributed by atoms with van der Waals surface area (Å²) >= 11 is 0. The van der Waals surface area contributed by atoms with Gasteiger partial charge in [-0.15, -0.1) is 0 Å². The summed E-state index contributed by atoms with van der Waals surface area (Å²) in [6, 6.07) is 3.72. The first-order valence-corrected chi connectivity index (χ1v) is 5.70. The standard InChI is InChI=1S/C14H18O4/c1-8-6-9(2)12(10(3)7-8)13(16)14(5,18-17)11(4)15/h6-7,17H,1-5H3. The number of carbonyl (C=O) groups is 2. The van der Waals surface area contributed by atoms with Crippen molar-refractivity contribution in [2.45, 2.75) is 40.2 Å². The van der Waals surface area contributed by atoms with E-state index in [1.54, 1.807) is 13.8 Å². The lowest BCUT2D eigenvalue weighted by Gasteiger charge is -2.23. The van der Waals surface area contributed by atoms with Crippen molar-refractivity contribution in [3.8, 4) is 0 Å². The maximum atomic E-state index is 12.4. The van der Waals surface area contributed by atoms with E-state index < -0.39 is 17.2 Å². The third-order valence-corrected chi connectivity index (χ3v) is 3.19. The topological polar surface area (TPSA) is 63.6 Å². The van der Waals surface area contributed by atoms with Crippen molar-refractivity contribution >= 4 is 11.6 Å². The van der Waals surface area contributed by atoms with Crippen molar-refractivity contribution in [1.29, 1.82) is 0 Å². The number of hydrogen-bond acceptors (Lipinski definition) is 4. The molecule has 0 heterocycles. The predicted molar refractivity (Wildman–Crippen MR) is 67.8 cm³/mol. The second-order valence-corrected chi connectivity index (χ2v) is 4.78. The van der Waals surface area contributed by atoms with Crippen LogP contribution in [0.4, 0.5) is 0 Å². The molecule has 1 unspecified atom stereocenters. The number of ketones is 2. The molecule has 0 fully saturated rings. The monoisotopic (exact) mass is 250 g/mol. The summed E-state index contributed by atoms with van der Waals surface area (Å²) in [4.78, 5) is 28.0. The van der Waals surface area contributed by atoms with Gasteiger partial charge in [0.15, 0.2) is 5.78 Å². The van der Waals surface area contributed by atoms with Crippen molar-refractivity contribution in [1.82, 2.24) is 0 Å². The van der Waals surface area contributed by atoms with Gasteiger partial charge in [0.25, 0.3) is 0 Å². The average molecular weight is 250 g/mol. The van der Waals surface area contributed by atoms with Crippen molar-refractivity contribution in [2.24, 2.45) is 0 Å². The molecule has 4 nitrogen and oxygen atoms in total. The molecule has 0 amide bonds. The molecule has 0 saturated heterocycles. The zero-order valence-corrected chi connectivity index (χ0v) is 11.3. The van der Waals surface area contributed by atoms with Crippen LogP contribution < -0.4 is 0 Å². The smallest absolute Gasteiger partial charge is 0.220 e. The van der Waals surface area contributed by atoms with Crippen molar-refractivity contribution in [3.05, 3.63) is 34.4 Å². The normalized spacial score (nSPS) is 14.1. The quantitative estimate of drug-likeness (QED) is 0.386. The number of benzene rings is 1. The molecular formula is C14H18O4. The van der Waals surface area contributed by atoms with Gasteiger partial charge in [-0.2, -0.15) is 0 Å². The summed E-state index contributed by atoms with van der Waals surface area (Å²) in [5, 5.41) is 8.88. The van der Waals surface area contributed by atoms with Gasteiger partial charge in [-0.3, -0.25) is 14.8 Å². The summed E-state index contributed by atoms with van der Waals surface area (Å²) in [5.41, 5.74) is 1.15. The number of aryl methyl sites for hydroxylation is 3. The molecule has 4 heteroatoms. The van der Waals surface area contributed by atoms with E-state index in [1.807, 2.05) is 19.1 Å². The summed E-state index contributed by atoms with van der Waals surface area (Å²) in [7, 11) is 0. The van der Waals surface area contributed by atoms with Crippen LogP contribution in [0.15, 0.2) is 12.1 Å². The number of hydrogen-bond donors (Lipinski definition) is 1. The highest BCUT2D eigenvalue weighted by Crippen LogP contribution is 2.24. The van der Waals surface area contributed by atoms with E-state index in [4.69, 9.17) is 5.26 Å². The van der Waals surface area contributed by atoms with E-state index in [0.717, 1.165) is 16.7 Å². The Morgan fingerprint density at radius 1 is 1.17 bits per heavy atom. The Bertz CT molecular complexity index is 482. The molecule has 0 aliphatic rings. The molecule has 0 spiro atoms. The van der Waals surface area contributed by atoms with Crippen LogP contribution in [0, 0.1) is 20.8 Å². The molecule has 1 rings (SSSR count). The molecule has 1 N–H and O–H groups in total. The first-order chi connectivity index (χ1) is 8.24. The average Bonchev–Trinajstić information content (AvgIpc) is 2.25. The minimum atomic E-state index is -1.84. The third kappa shape index (κ3) is 2.35. The van der Waals surface area contributed by atoms with Gasteiger partial charge in [-0.05, 0) is 45.7 Å². The molecule has 98 valence electrons. The molecule has 1 aromatic rings. The van der Waals surface area contributed by atoms with Crippen LogP contribution in [0.3, 0.4) is 0 Å². The van der Waals surface area contributed by atoms with Gasteiger partial charge in [-0.25, -0.2) is 4.89 Å². The Morgan fingerprint density at radius 3 is 1.94 bits per heavy atom. The highest BCUT2D eigenvalue weighted by Gasteiger charge is 2.42. The molecule has 1 atom stereocenters. The van der Waals surface area contributed by atoms with Crippen LogP contribution in [0.1, 0.15) is 40.9 Å². The lowest BCUT2D eigenvalue weighted by molar-refractivity contribution is -0.289. The Labute approximate surface area is 107 Å². The van der Waals surface area contributed by atoms with Crippen molar-refractivity contribution in [2.75, 3.05) is 0 Å². The molecule has 0 aliphatic carbocycles. The molecule has 0 saturated carbocycles. The molecule has 1 aromatic carbocycles. The lowest BCUT2D eigenvalue weighted by atomic mass is 9.86. The lowest BCUT2D eigenvalue weighted by Crippen LogP contribution is -2.45. The first-order valence-electron chi connectivity index (χ1n) is 5.70. The minimum absolute atomic E-state index is 0.423. The maximum Gasteiger partial charge on any atom is 0.220 e. The molecule has 18 heavy (non-hydrogen) atoms. The van der Waals surface area contributed by atoms with Gasteiger partial charge >= 0.3 is 0 Å². The van der Waals surface area contributed by atoms with Gasteiger partial charge in [0, 0.05) is 5.56 Å². The molecule has 0 bridgehead atoms. The van der Waals surface area contributed by atoms with Gasteiger partial charge in [-0.1, -0.05) is 17.7 Å². The maximum absolute atomic E-state index is 12.4. The first kappa shape index (κ1) is 14.5. The second-order valence-electron chi connectivity index (χ2n) is 4.78. The van der Waals surface area contributed by atoms with E-state index in [-0.39, 0.29) is 0 Å². The van der Waals surface area contributed by atoms with Gasteiger partial charge in [0.1, 0.15) is 0 Å². The summed E-state index contributed by atoms with van der Waals surface area (Å²) in [5.74, 6) is -1.05. The van der Waals surface area contributed by atoms with Gasteiger partial charge in [0.05, 0.1) is 0 Å². The van der Waals surface area contributed by atoms with Crippen LogP contribution in [0.25, 0.3) is 0 Å². The molecule has 0 aliphatic heterocycles. The summed E-state index contributed by atoms with van der Waals surface area (Å²) < 4.78 is 0. The van der Waals surface area contributed by atoms with E-state index >= 15 is 0 Å². The van der Waals surface area contributed by atoms with Crippen LogP contribution >= 0.6 is 0 Å². The minimum Gasteiger partial charge on any atom is -0.296 e. The summed E-state index contributed by atoms with van der Waals surface area (Å²) in [6.45, 7) is 8.01. The van der Waals surface area contributed by atoms with Crippen molar-refractivity contribution < 1.29 is 19.7 Å². The van der Waals surface area contributed by atoms with E-state index in [0.29, 0.717) is 5.56 Å². The molecule has 0 aromatic heterocycles. The van der Waals surface area contributed by atoms with Crippen molar-refractivity contribution in [3.63, 3.8) is 0 Å². The van der Waals surface area contributed by atoms with E-state index in [9.17, 15) is 9.59 Å². The fourth-order valence-corrected chi connectivity index (χ4v) is 2.04. The zero-order chi connectivity index (χ0) is 14.1. The zero-order valence-electron chi connectivity index (χ0n) is 11.3. The Balaban J connectivity index is 3.40. The Kier molecular flexibility index (Phi) is 4.04. The summed E-state index contributed by atoms with van der Waals surface area (Å²) in [6.07, 6.45) is 0.